The molecule has 1 aromatic carbocycles. The van der Waals surface area contributed by atoms with Crippen LogP contribution in [0, 0.1) is 0 Å². The number of hydrogen-bond acceptors (Lipinski definition) is 4. The number of carbonyl (C=O) groups is 1. The van der Waals surface area contributed by atoms with Gasteiger partial charge in [0.25, 0.3) is 0 Å². The van der Waals surface area contributed by atoms with Crippen molar-refractivity contribution in [2.75, 3.05) is 0 Å². The molecular formula is C12H6ClNO5. The Bertz CT molecular complexity index is 841. The topological polar surface area (TPSA) is 96.4 Å². The van der Waals surface area contributed by atoms with Crippen molar-refractivity contribution in [2.45, 2.75) is 0 Å². The summed E-state index contributed by atoms with van der Waals surface area (Å²) in [4.78, 5) is 24.5. The van der Waals surface area contributed by atoms with Crippen LogP contribution >= 0.6 is 11.6 Å². The van der Waals surface area contributed by atoms with Gasteiger partial charge < -0.3 is 13.9 Å². The number of fused-ring (bicyclic) bond motifs is 1. The van der Waals surface area contributed by atoms with Gasteiger partial charge in [0.05, 0.1) is 11.1 Å². The van der Waals surface area contributed by atoms with E-state index in [0.29, 0.717) is 16.1 Å². The van der Waals surface area contributed by atoms with Crippen LogP contribution < -0.4 is 5.76 Å². The zero-order valence-electron chi connectivity index (χ0n) is 9.27. The summed E-state index contributed by atoms with van der Waals surface area (Å²) in [6.07, 6.45) is 0. The molecule has 2 aromatic heterocycles. The lowest BCUT2D eigenvalue weighted by Gasteiger charge is -1.99. The largest absolute Gasteiger partial charge is 0.475 e. The molecule has 0 saturated carbocycles. The number of aromatic nitrogens is 1. The Kier molecular flexibility index (Phi) is 2.46. The highest BCUT2D eigenvalue weighted by atomic mass is 35.5. The third kappa shape index (κ3) is 1.92. The summed E-state index contributed by atoms with van der Waals surface area (Å²) in [6.45, 7) is 0. The van der Waals surface area contributed by atoms with Crippen LogP contribution in [0.5, 0.6) is 0 Å². The maximum Gasteiger partial charge on any atom is 0.417 e. The molecule has 0 radical (unpaired) electrons. The predicted octanol–water partition coefficient (Wildman–Crippen LogP) is 2.73. The minimum absolute atomic E-state index is 0.207. The SMILES string of the molecule is O=C(O)c1ccc(-c2cc(Cl)cc3[nH]c(=O)oc23)o1. The summed E-state index contributed by atoms with van der Waals surface area (Å²) < 4.78 is 10.2. The molecule has 0 amide bonds. The first kappa shape index (κ1) is 11.6. The molecule has 3 aromatic rings. The van der Waals surface area contributed by atoms with E-state index in [1.807, 2.05) is 0 Å². The molecule has 3 rings (SSSR count). The lowest BCUT2D eigenvalue weighted by molar-refractivity contribution is 0.0663. The minimum atomic E-state index is -1.18. The van der Waals surface area contributed by atoms with E-state index in [0.717, 1.165) is 0 Å². The van der Waals surface area contributed by atoms with Crippen molar-refractivity contribution in [3.8, 4) is 11.3 Å². The fraction of sp³-hybridized carbons (Fsp3) is 0. The van der Waals surface area contributed by atoms with Gasteiger partial charge in [0.1, 0.15) is 5.76 Å². The number of aromatic carboxylic acids is 1. The maximum absolute atomic E-state index is 11.2. The molecule has 2 heterocycles. The Morgan fingerprint density at radius 1 is 1.26 bits per heavy atom. The Labute approximate surface area is 110 Å². The highest BCUT2D eigenvalue weighted by Gasteiger charge is 2.16. The second-order valence-electron chi connectivity index (χ2n) is 3.81. The van der Waals surface area contributed by atoms with Crippen LogP contribution in [0.3, 0.4) is 0 Å². The second kappa shape index (κ2) is 4.03. The normalized spacial score (nSPS) is 11.0. The number of furan rings is 1. The molecule has 0 spiro atoms. The molecule has 0 fully saturated rings. The predicted molar refractivity (Wildman–Crippen MR) is 66.5 cm³/mol. The maximum atomic E-state index is 11.2. The van der Waals surface area contributed by atoms with E-state index in [4.69, 9.17) is 25.5 Å². The standard InChI is InChI=1S/C12H6ClNO5/c13-5-3-6(8-1-2-9(18-8)11(15)16)10-7(4-5)14-12(17)19-10/h1-4H,(H,14,17)(H,15,16). The average molecular weight is 280 g/mol. The van der Waals surface area contributed by atoms with E-state index < -0.39 is 11.7 Å². The van der Waals surface area contributed by atoms with E-state index in [2.05, 4.69) is 4.98 Å². The van der Waals surface area contributed by atoms with Crippen LogP contribution in [0.2, 0.25) is 5.02 Å². The molecule has 0 aliphatic rings. The van der Waals surface area contributed by atoms with Gasteiger partial charge in [-0.1, -0.05) is 11.6 Å². The quantitative estimate of drug-likeness (QED) is 0.752. The number of halogens is 1. The summed E-state index contributed by atoms with van der Waals surface area (Å²) in [5, 5.41) is 9.19. The Morgan fingerprint density at radius 2 is 2.05 bits per heavy atom. The first-order valence-corrected chi connectivity index (χ1v) is 5.58. The fourth-order valence-electron chi connectivity index (χ4n) is 1.81. The first-order valence-electron chi connectivity index (χ1n) is 5.20. The first-order chi connectivity index (χ1) is 9.04. The molecule has 2 N–H and O–H groups in total. The van der Waals surface area contributed by atoms with Crippen molar-refractivity contribution in [2.24, 2.45) is 0 Å². The highest BCUT2D eigenvalue weighted by Crippen LogP contribution is 2.31. The van der Waals surface area contributed by atoms with Crippen LogP contribution in [-0.2, 0) is 0 Å². The number of H-pyrrole nitrogens is 1. The van der Waals surface area contributed by atoms with Gasteiger partial charge in [0, 0.05) is 5.02 Å². The zero-order valence-corrected chi connectivity index (χ0v) is 10.0. The van der Waals surface area contributed by atoms with Crippen LogP contribution in [0.25, 0.3) is 22.4 Å². The molecule has 0 atom stereocenters. The van der Waals surface area contributed by atoms with Gasteiger partial charge in [0.15, 0.2) is 5.58 Å². The number of benzene rings is 1. The summed E-state index contributed by atoms with van der Waals surface area (Å²) in [5.74, 6) is -1.75. The van der Waals surface area contributed by atoms with Gasteiger partial charge in [-0.2, -0.15) is 0 Å². The number of carboxylic acids is 1. The fourth-order valence-corrected chi connectivity index (χ4v) is 2.02. The lowest BCUT2D eigenvalue weighted by atomic mass is 10.1. The van der Waals surface area contributed by atoms with Crippen molar-refractivity contribution >= 4 is 28.7 Å². The van der Waals surface area contributed by atoms with Crippen molar-refractivity contribution in [3.63, 3.8) is 0 Å². The summed E-state index contributed by atoms with van der Waals surface area (Å²) >= 11 is 5.93. The van der Waals surface area contributed by atoms with E-state index in [1.165, 1.54) is 24.3 Å². The van der Waals surface area contributed by atoms with Crippen molar-refractivity contribution in [1.82, 2.24) is 4.98 Å². The number of nitrogens with one attached hydrogen (secondary N) is 1. The van der Waals surface area contributed by atoms with Gasteiger partial charge in [-0.3, -0.25) is 4.98 Å². The van der Waals surface area contributed by atoms with Crippen molar-refractivity contribution in [3.05, 3.63) is 45.6 Å². The smallest absolute Gasteiger partial charge is 0.417 e. The number of rotatable bonds is 2. The molecule has 19 heavy (non-hydrogen) atoms. The third-order valence-corrected chi connectivity index (χ3v) is 2.79. The van der Waals surface area contributed by atoms with Crippen LogP contribution in [0.1, 0.15) is 10.6 Å². The van der Waals surface area contributed by atoms with Crippen molar-refractivity contribution < 1.29 is 18.7 Å². The van der Waals surface area contributed by atoms with Crippen LogP contribution in [-0.4, -0.2) is 16.1 Å². The van der Waals surface area contributed by atoms with E-state index in [9.17, 15) is 9.59 Å². The third-order valence-electron chi connectivity index (χ3n) is 2.57. The molecule has 0 aliphatic heterocycles. The molecule has 7 heteroatoms. The van der Waals surface area contributed by atoms with E-state index >= 15 is 0 Å². The molecule has 6 nitrogen and oxygen atoms in total. The van der Waals surface area contributed by atoms with Gasteiger partial charge in [0.2, 0.25) is 5.76 Å². The van der Waals surface area contributed by atoms with Gasteiger partial charge >= 0.3 is 11.7 Å². The van der Waals surface area contributed by atoms with E-state index in [-0.39, 0.29) is 17.1 Å². The number of oxazole rings is 1. The van der Waals surface area contributed by atoms with Crippen LogP contribution in [0.4, 0.5) is 0 Å². The number of aromatic amines is 1. The highest BCUT2D eigenvalue weighted by molar-refractivity contribution is 6.31. The molecule has 0 saturated heterocycles. The monoisotopic (exact) mass is 279 g/mol. The lowest BCUT2D eigenvalue weighted by Crippen LogP contribution is -1.92. The van der Waals surface area contributed by atoms with Gasteiger partial charge in [-0.15, -0.1) is 0 Å². The van der Waals surface area contributed by atoms with E-state index in [1.54, 1.807) is 0 Å². The second-order valence-corrected chi connectivity index (χ2v) is 4.25. The minimum Gasteiger partial charge on any atom is -0.475 e. The molecule has 0 unspecified atom stereocenters. The number of hydrogen-bond donors (Lipinski definition) is 2. The molecular weight excluding hydrogens is 274 g/mol. The van der Waals surface area contributed by atoms with Gasteiger partial charge in [-0.25, -0.2) is 9.59 Å². The molecule has 0 aliphatic carbocycles. The summed E-state index contributed by atoms with van der Waals surface area (Å²) in [7, 11) is 0. The number of carboxylic acid groups (broad SMARTS) is 1. The van der Waals surface area contributed by atoms with Crippen molar-refractivity contribution in [1.29, 1.82) is 0 Å². The Hall–Kier alpha value is -2.47. The summed E-state index contributed by atoms with van der Waals surface area (Å²) in [6, 6.07) is 5.86. The average Bonchev–Trinajstić information content (AvgIpc) is 2.93. The molecule has 96 valence electrons. The van der Waals surface area contributed by atoms with Crippen LogP contribution in [0.15, 0.2) is 37.9 Å². The Balaban J connectivity index is 2.28. The van der Waals surface area contributed by atoms with Gasteiger partial charge in [-0.05, 0) is 24.3 Å². The summed E-state index contributed by atoms with van der Waals surface area (Å²) in [5.41, 5.74) is 1.09. The zero-order chi connectivity index (χ0) is 13.6. The Morgan fingerprint density at radius 3 is 2.74 bits per heavy atom. The molecule has 0 bridgehead atoms.